The first kappa shape index (κ1) is 11.8. The summed E-state index contributed by atoms with van der Waals surface area (Å²) in [6.45, 7) is 1.71. The van der Waals surface area contributed by atoms with E-state index >= 15 is 0 Å². The van der Waals surface area contributed by atoms with E-state index in [2.05, 4.69) is 25.9 Å². The van der Waals surface area contributed by atoms with E-state index < -0.39 is 11.9 Å². The van der Waals surface area contributed by atoms with Gasteiger partial charge in [-0.3, -0.25) is 4.79 Å². The van der Waals surface area contributed by atoms with Crippen LogP contribution >= 0.6 is 0 Å². The van der Waals surface area contributed by atoms with Crippen molar-refractivity contribution in [3.63, 3.8) is 0 Å². The molecule has 8 heteroatoms. The Morgan fingerprint density at radius 2 is 2.33 bits per heavy atom. The molecule has 1 atom stereocenters. The number of carbonyl (C=O) groups is 1. The molecule has 0 aliphatic heterocycles. The zero-order valence-electron chi connectivity index (χ0n) is 9.58. The number of phenols is 1. The molecule has 18 heavy (non-hydrogen) atoms. The number of nitrogen functional groups attached to an aromatic ring is 1. The molecule has 0 bridgehead atoms. The van der Waals surface area contributed by atoms with E-state index in [0.717, 1.165) is 0 Å². The van der Waals surface area contributed by atoms with Crippen LogP contribution in [0.4, 0.5) is 5.69 Å². The minimum atomic E-state index is -0.419. The molecule has 94 valence electrons. The number of nitrogens with two attached hydrogens (primary N) is 1. The topological polar surface area (TPSA) is 130 Å². The molecule has 5 N–H and O–H groups in total. The number of phenolic OH excluding ortho intramolecular Hbond substituents is 1. The van der Waals surface area contributed by atoms with Gasteiger partial charge in [0.05, 0.1) is 11.6 Å². The Kier molecular flexibility index (Phi) is 3.09. The number of hydrogen-bond donors (Lipinski definition) is 4. The van der Waals surface area contributed by atoms with Gasteiger partial charge in [-0.1, -0.05) is 5.21 Å². The highest BCUT2D eigenvalue weighted by atomic mass is 16.3. The van der Waals surface area contributed by atoms with Gasteiger partial charge in [0, 0.05) is 5.69 Å². The van der Waals surface area contributed by atoms with Crippen molar-refractivity contribution in [1.29, 1.82) is 0 Å². The maximum absolute atomic E-state index is 11.9. The summed E-state index contributed by atoms with van der Waals surface area (Å²) in [5.74, 6) is -0.0793. The molecule has 0 fully saturated rings. The number of aromatic nitrogens is 4. The molecule has 2 aromatic rings. The maximum Gasteiger partial charge on any atom is 0.254 e. The van der Waals surface area contributed by atoms with Crippen LogP contribution in [0.25, 0.3) is 0 Å². The summed E-state index contributed by atoms with van der Waals surface area (Å²) in [7, 11) is 0. The van der Waals surface area contributed by atoms with Gasteiger partial charge in [0.15, 0.2) is 5.82 Å². The van der Waals surface area contributed by atoms with Crippen molar-refractivity contribution in [3.8, 4) is 5.75 Å². The number of anilines is 1. The molecule has 1 heterocycles. The van der Waals surface area contributed by atoms with E-state index in [0.29, 0.717) is 5.82 Å². The molecule has 0 saturated carbocycles. The third-order valence-electron chi connectivity index (χ3n) is 2.38. The molecule has 0 aliphatic rings. The third-order valence-corrected chi connectivity index (χ3v) is 2.38. The van der Waals surface area contributed by atoms with Crippen LogP contribution in [0, 0.1) is 0 Å². The summed E-state index contributed by atoms with van der Waals surface area (Å²) in [4.78, 5) is 11.9. The zero-order chi connectivity index (χ0) is 13.1. The second kappa shape index (κ2) is 4.70. The summed E-state index contributed by atoms with van der Waals surface area (Å²) in [5, 5.41) is 25.2. The lowest BCUT2D eigenvalue weighted by atomic mass is 10.1. The van der Waals surface area contributed by atoms with Gasteiger partial charge >= 0.3 is 0 Å². The van der Waals surface area contributed by atoms with Gasteiger partial charge in [-0.2, -0.15) is 5.21 Å². The molecule has 1 amide bonds. The number of rotatable bonds is 3. The highest BCUT2D eigenvalue weighted by Gasteiger charge is 2.16. The summed E-state index contributed by atoms with van der Waals surface area (Å²) >= 11 is 0. The zero-order valence-corrected chi connectivity index (χ0v) is 9.58. The lowest BCUT2D eigenvalue weighted by Crippen LogP contribution is -2.28. The number of carbonyl (C=O) groups excluding carboxylic acids is 1. The van der Waals surface area contributed by atoms with Crippen LogP contribution in [-0.4, -0.2) is 31.6 Å². The van der Waals surface area contributed by atoms with Crippen molar-refractivity contribution in [2.24, 2.45) is 0 Å². The molecule has 0 aliphatic carbocycles. The third kappa shape index (κ3) is 2.37. The summed E-state index contributed by atoms with van der Waals surface area (Å²) in [5.41, 5.74) is 6.15. The minimum Gasteiger partial charge on any atom is -0.508 e. The van der Waals surface area contributed by atoms with Crippen molar-refractivity contribution >= 4 is 11.6 Å². The van der Waals surface area contributed by atoms with Gasteiger partial charge in [0.2, 0.25) is 0 Å². The van der Waals surface area contributed by atoms with Crippen LogP contribution in [-0.2, 0) is 0 Å². The summed E-state index contributed by atoms with van der Waals surface area (Å²) < 4.78 is 0. The second-order valence-electron chi connectivity index (χ2n) is 3.74. The van der Waals surface area contributed by atoms with Crippen molar-refractivity contribution in [2.45, 2.75) is 13.0 Å². The van der Waals surface area contributed by atoms with Crippen LogP contribution in [0.1, 0.15) is 29.1 Å². The predicted octanol–water partition coefficient (Wildman–Crippen LogP) is -0.0215. The van der Waals surface area contributed by atoms with Gasteiger partial charge in [-0.05, 0) is 25.1 Å². The van der Waals surface area contributed by atoms with E-state index in [-0.39, 0.29) is 17.0 Å². The molecule has 0 saturated heterocycles. The molecule has 1 aromatic carbocycles. The van der Waals surface area contributed by atoms with Crippen LogP contribution in [0.2, 0.25) is 0 Å². The number of amides is 1. The number of aromatic hydroxyl groups is 1. The molecule has 2 rings (SSSR count). The molecule has 0 radical (unpaired) electrons. The van der Waals surface area contributed by atoms with Gasteiger partial charge in [0.1, 0.15) is 5.75 Å². The maximum atomic E-state index is 11.9. The summed E-state index contributed by atoms with van der Waals surface area (Å²) in [6, 6.07) is 3.75. The fourth-order valence-corrected chi connectivity index (χ4v) is 1.43. The van der Waals surface area contributed by atoms with E-state index in [1.165, 1.54) is 18.2 Å². The first-order valence-corrected chi connectivity index (χ1v) is 5.20. The molecule has 0 spiro atoms. The lowest BCUT2D eigenvalue weighted by molar-refractivity contribution is 0.0939. The number of nitrogens with one attached hydrogen (secondary N) is 2. The van der Waals surface area contributed by atoms with Crippen LogP contribution in [0.3, 0.4) is 0 Å². The fraction of sp³-hybridized carbons (Fsp3) is 0.200. The standard InChI is InChI=1S/C10H12N6O2/c1-5(9-13-15-16-14-9)12-10(18)7-4-6(17)2-3-8(7)11/h2-5,17H,11H2,1H3,(H,12,18)(H,13,14,15,16). The first-order valence-electron chi connectivity index (χ1n) is 5.20. The Bertz CT molecular complexity index is 554. The Balaban J connectivity index is 2.15. The van der Waals surface area contributed by atoms with Crippen LogP contribution in [0.5, 0.6) is 5.75 Å². The SMILES string of the molecule is CC(NC(=O)c1cc(O)ccc1N)c1nn[nH]n1. The highest BCUT2D eigenvalue weighted by molar-refractivity contribution is 5.99. The highest BCUT2D eigenvalue weighted by Crippen LogP contribution is 2.19. The summed E-state index contributed by atoms with van der Waals surface area (Å²) in [6.07, 6.45) is 0. The molecule has 8 nitrogen and oxygen atoms in total. The van der Waals surface area contributed by atoms with E-state index in [1.807, 2.05) is 0 Å². The minimum absolute atomic E-state index is 0.0263. The van der Waals surface area contributed by atoms with Crippen molar-refractivity contribution < 1.29 is 9.90 Å². The quantitative estimate of drug-likeness (QED) is 0.446. The van der Waals surface area contributed by atoms with E-state index in [1.54, 1.807) is 6.92 Å². The van der Waals surface area contributed by atoms with Crippen molar-refractivity contribution in [2.75, 3.05) is 5.73 Å². The number of benzene rings is 1. The van der Waals surface area contributed by atoms with E-state index in [4.69, 9.17) is 5.73 Å². The largest absolute Gasteiger partial charge is 0.508 e. The van der Waals surface area contributed by atoms with E-state index in [9.17, 15) is 9.90 Å². The Labute approximate surface area is 102 Å². The molecular formula is C10H12N6O2. The van der Waals surface area contributed by atoms with Crippen LogP contribution < -0.4 is 11.1 Å². The number of hydrogen-bond acceptors (Lipinski definition) is 6. The molecular weight excluding hydrogens is 236 g/mol. The normalized spacial score (nSPS) is 12.1. The second-order valence-corrected chi connectivity index (χ2v) is 3.74. The Morgan fingerprint density at radius 3 is 3.00 bits per heavy atom. The monoisotopic (exact) mass is 248 g/mol. The number of aromatic amines is 1. The van der Waals surface area contributed by atoms with Crippen LogP contribution in [0.15, 0.2) is 18.2 Å². The Morgan fingerprint density at radius 1 is 1.56 bits per heavy atom. The number of nitrogens with zero attached hydrogens (tertiary/aromatic N) is 3. The fourth-order valence-electron chi connectivity index (χ4n) is 1.43. The smallest absolute Gasteiger partial charge is 0.254 e. The molecule has 1 unspecified atom stereocenters. The number of tetrazole rings is 1. The van der Waals surface area contributed by atoms with Gasteiger partial charge in [-0.15, -0.1) is 10.2 Å². The number of H-pyrrole nitrogens is 1. The average molecular weight is 248 g/mol. The predicted molar refractivity (Wildman–Crippen MR) is 62.6 cm³/mol. The lowest BCUT2D eigenvalue weighted by Gasteiger charge is -2.11. The Hall–Kier alpha value is -2.64. The van der Waals surface area contributed by atoms with Gasteiger partial charge < -0.3 is 16.2 Å². The molecule has 1 aromatic heterocycles. The van der Waals surface area contributed by atoms with Crippen molar-refractivity contribution in [3.05, 3.63) is 29.6 Å². The van der Waals surface area contributed by atoms with Gasteiger partial charge in [0.25, 0.3) is 5.91 Å². The first-order chi connectivity index (χ1) is 8.58. The van der Waals surface area contributed by atoms with Crippen molar-refractivity contribution in [1.82, 2.24) is 25.9 Å². The average Bonchev–Trinajstić information content (AvgIpc) is 2.85. The van der Waals surface area contributed by atoms with Gasteiger partial charge in [-0.25, -0.2) is 0 Å².